The van der Waals surface area contributed by atoms with Gasteiger partial charge in [-0.2, -0.15) is 4.31 Å². The average Bonchev–Trinajstić information content (AvgIpc) is 3.22. The van der Waals surface area contributed by atoms with Gasteiger partial charge in [-0.15, -0.1) is 10.2 Å². The Hall–Kier alpha value is -2.22. The van der Waals surface area contributed by atoms with E-state index >= 15 is 0 Å². The highest BCUT2D eigenvalue weighted by Gasteiger charge is 2.58. The van der Waals surface area contributed by atoms with Gasteiger partial charge in [0.05, 0.1) is 4.90 Å². The molecule has 1 spiro atoms. The van der Waals surface area contributed by atoms with Crippen molar-refractivity contribution in [3.8, 4) is 11.5 Å². The molecule has 2 heterocycles. The number of hydrogen-bond donors (Lipinski definition) is 0. The predicted molar refractivity (Wildman–Crippen MR) is 114 cm³/mol. The van der Waals surface area contributed by atoms with E-state index in [0.29, 0.717) is 29.9 Å². The summed E-state index contributed by atoms with van der Waals surface area (Å²) in [4.78, 5) is 0.255. The number of aryl methyl sites for hydroxylation is 1. The zero-order valence-electron chi connectivity index (χ0n) is 16.6. The number of aromatic nitrogens is 2. The summed E-state index contributed by atoms with van der Waals surface area (Å²) in [6, 6.07) is 14.6. The van der Waals surface area contributed by atoms with Gasteiger partial charge in [0.1, 0.15) is 0 Å². The number of rotatable bonds is 4. The fourth-order valence-electron chi connectivity index (χ4n) is 4.38. The van der Waals surface area contributed by atoms with Crippen LogP contribution in [0.3, 0.4) is 0 Å². The van der Waals surface area contributed by atoms with Crippen LogP contribution >= 0.6 is 11.6 Å². The van der Waals surface area contributed by atoms with E-state index in [-0.39, 0.29) is 16.2 Å². The molecular formula is C22H22ClN3O3S. The number of piperidine rings is 1. The molecule has 0 unspecified atom stereocenters. The molecule has 2 aliphatic rings. The molecule has 30 heavy (non-hydrogen) atoms. The van der Waals surface area contributed by atoms with Gasteiger partial charge in [0, 0.05) is 29.6 Å². The predicted octanol–water partition coefficient (Wildman–Crippen LogP) is 4.66. The van der Waals surface area contributed by atoms with Crippen molar-refractivity contribution in [2.24, 2.45) is 5.41 Å². The van der Waals surface area contributed by atoms with Crippen molar-refractivity contribution >= 4 is 21.6 Å². The lowest BCUT2D eigenvalue weighted by molar-refractivity contribution is 0.246. The summed E-state index contributed by atoms with van der Waals surface area (Å²) in [7, 11) is -3.54. The second-order valence-electron chi connectivity index (χ2n) is 8.25. The molecule has 3 aromatic rings. The highest BCUT2D eigenvalue weighted by Crippen LogP contribution is 2.64. The molecule has 156 valence electrons. The summed E-state index contributed by atoms with van der Waals surface area (Å²) in [5.74, 6) is 1.40. The third-order valence-electron chi connectivity index (χ3n) is 6.45. The first-order chi connectivity index (χ1) is 14.4. The van der Waals surface area contributed by atoms with Crippen molar-refractivity contribution in [2.75, 3.05) is 13.1 Å². The lowest BCUT2D eigenvalue weighted by Gasteiger charge is -2.31. The number of benzene rings is 2. The minimum atomic E-state index is -3.54. The Morgan fingerprint density at radius 3 is 2.53 bits per heavy atom. The first-order valence-corrected chi connectivity index (χ1v) is 11.9. The van der Waals surface area contributed by atoms with E-state index in [1.165, 1.54) is 0 Å². The van der Waals surface area contributed by atoms with Gasteiger partial charge >= 0.3 is 0 Å². The maximum atomic E-state index is 13.0. The zero-order chi connectivity index (χ0) is 20.9. The molecule has 0 amide bonds. The molecule has 0 radical (unpaired) electrons. The van der Waals surface area contributed by atoms with Crippen LogP contribution in [-0.4, -0.2) is 36.0 Å². The van der Waals surface area contributed by atoms with E-state index in [4.69, 9.17) is 16.0 Å². The van der Waals surface area contributed by atoms with Crippen molar-refractivity contribution in [2.45, 2.75) is 37.0 Å². The van der Waals surface area contributed by atoms with E-state index in [0.717, 1.165) is 30.4 Å². The van der Waals surface area contributed by atoms with Crippen LogP contribution in [0.25, 0.3) is 11.5 Å². The maximum Gasteiger partial charge on any atom is 0.247 e. The van der Waals surface area contributed by atoms with E-state index in [2.05, 4.69) is 10.2 Å². The number of hydrogen-bond acceptors (Lipinski definition) is 5. The van der Waals surface area contributed by atoms with E-state index < -0.39 is 10.0 Å². The summed E-state index contributed by atoms with van der Waals surface area (Å²) < 4.78 is 33.5. The summed E-state index contributed by atoms with van der Waals surface area (Å²) in [5.41, 5.74) is 1.84. The lowest BCUT2D eigenvalue weighted by atomic mass is 9.92. The quantitative estimate of drug-likeness (QED) is 0.586. The van der Waals surface area contributed by atoms with Crippen molar-refractivity contribution < 1.29 is 12.8 Å². The zero-order valence-corrected chi connectivity index (χ0v) is 18.2. The molecule has 2 fully saturated rings. The first-order valence-electron chi connectivity index (χ1n) is 10.0. The highest BCUT2D eigenvalue weighted by molar-refractivity contribution is 7.89. The number of halogens is 1. The average molecular weight is 444 g/mol. The van der Waals surface area contributed by atoms with Gasteiger partial charge in [0.2, 0.25) is 21.8 Å². The maximum absolute atomic E-state index is 13.0. The van der Waals surface area contributed by atoms with Crippen molar-refractivity contribution in [1.29, 1.82) is 0 Å². The molecule has 1 saturated carbocycles. The molecule has 8 heteroatoms. The van der Waals surface area contributed by atoms with Gasteiger partial charge in [0.15, 0.2) is 0 Å². The molecule has 1 aliphatic carbocycles. The molecular weight excluding hydrogens is 422 g/mol. The van der Waals surface area contributed by atoms with Crippen molar-refractivity contribution in [3.63, 3.8) is 0 Å². The van der Waals surface area contributed by atoms with E-state index in [1.807, 2.05) is 37.3 Å². The van der Waals surface area contributed by atoms with Crippen LogP contribution in [-0.2, 0) is 10.0 Å². The topological polar surface area (TPSA) is 76.3 Å². The lowest BCUT2D eigenvalue weighted by Crippen LogP contribution is -2.39. The third-order valence-corrected chi connectivity index (χ3v) is 8.75. The summed E-state index contributed by atoms with van der Waals surface area (Å²) in [6.07, 6.45) is 2.55. The summed E-state index contributed by atoms with van der Waals surface area (Å²) in [5, 5.41) is 8.94. The molecule has 2 aromatic carbocycles. The van der Waals surface area contributed by atoms with Gasteiger partial charge in [0.25, 0.3) is 0 Å². The second kappa shape index (κ2) is 7.18. The van der Waals surface area contributed by atoms with Crippen molar-refractivity contribution in [1.82, 2.24) is 14.5 Å². The number of sulfonamides is 1. The SMILES string of the molecule is Cc1ccc(S(=O)(=O)N2CCC3(CC2)C[C@H]3c2nnc(-c3ccccc3)o2)cc1Cl. The van der Waals surface area contributed by atoms with Crippen LogP contribution < -0.4 is 0 Å². The van der Waals surface area contributed by atoms with Gasteiger partial charge < -0.3 is 4.42 Å². The van der Waals surface area contributed by atoms with Crippen LogP contribution in [0.4, 0.5) is 0 Å². The molecule has 1 atom stereocenters. The largest absolute Gasteiger partial charge is 0.420 e. The third kappa shape index (κ3) is 3.35. The highest BCUT2D eigenvalue weighted by atomic mass is 35.5. The Kier molecular flexibility index (Phi) is 4.72. The van der Waals surface area contributed by atoms with Crippen LogP contribution in [0.2, 0.25) is 5.02 Å². The van der Waals surface area contributed by atoms with E-state index in [1.54, 1.807) is 22.5 Å². The standard InChI is InChI=1S/C22H22ClN3O3S/c1-15-7-8-17(13-19(15)23)30(27,28)26-11-9-22(10-12-26)14-18(22)21-25-24-20(29-21)16-5-3-2-4-6-16/h2-8,13,18H,9-12,14H2,1H3/t18-/m0/s1. The van der Waals surface area contributed by atoms with Gasteiger partial charge in [-0.25, -0.2) is 8.42 Å². The second-order valence-corrected chi connectivity index (χ2v) is 10.6. The molecule has 1 aromatic heterocycles. The Balaban J connectivity index is 1.28. The molecule has 0 bridgehead atoms. The minimum Gasteiger partial charge on any atom is -0.420 e. The Morgan fingerprint density at radius 2 is 1.83 bits per heavy atom. The minimum absolute atomic E-state index is 0.0669. The molecule has 1 saturated heterocycles. The summed E-state index contributed by atoms with van der Waals surface area (Å²) in [6.45, 7) is 2.84. The first kappa shape index (κ1) is 19.7. The Bertz CT molecular complexity index is 1190. The normalized spacial score (nSPS) is 21.1. The van der Waals surface area contributed by atoms with Crippen LogP contribution in [0.1, 0.15) is 36.6 Å². The van der Waals surface area contributed by atoms with E-state index in [9.17, 15) is 8.42 Å². The van der Waals surface area contributed by atoms with Gasteiger partial charge in [-0.3, -0.25) is 0 Å². The van der Waals surface area contributed by atoms with Crippen LogP contribution in [0.15, 0.2) is 57.8 Å². The van der Waals surface area contributed by atoms with Crippen LogP contribution in [0, 0.1) is 12.3 Å². The fourth-order valence-corrected chi connectivity index (χ4v) is 6.09. The summed E-state index contributed by atoms with van der Waals surface area (Å²) >= 11 is 6.14. The smallest absolute Gasteiger partial charge is 0.247 e. The van der Waals surface area contributed by atoms with Gasteiger partial charge in [-0.05, 0) is 61.4 Å². The number of nitrogens with zero attached hydrogens (tertiary/aromatic N) is 3. The van der Waals surface area contributed by atoms with Crippen molar-refractivity contribution in [3.05, 3.63) is 65.0 Å². The Morgan fingerprint density at radius 1 is 1.10 bits per heavy atom. The molecule has 1 aliphatic heterocycles. The Labute approximate surface area is 180 Å². The monoisotopic (exact) mass is 443 g/mol. The molecule has 0 N–H and O–H groups in total. The fraction of sp³-hybridized carbons (Fsp3) is 0.364. The van der Waals surface area contributed by atoms with Crippen LogP contribution in [0.5, 0.6) is 0 Å². The molecule has 6 nitrogen and oxygen atoms in total. The molecule has 5 rings (SSSR count). The van der Waals surface area contributed by atoms with Gasteiger partial charge in [-0.1, -0.05) is 35.9 Å².